The molecule has 0 rings (SSSR count). The van der Waals surface area contributed by atoms with Gasteiger partial charge in [0.15, 0.2) is 0 Å². The lowest BCUT2D eigenvalue weighted by atomic mass is 9.96. The minimum atomic E-state index is 0.271. The third-order valence-corrected chi connectivity index (χ3v) is 1.94. The van der Waals surface area contributed by atoms with Crippen LogP contribution in [-0.2, 0) is 4.74 Å². The van der Waals surface area contributed by atoms with Crippen molar-refractivity contribution in [2.75, 3.05) is 40.0 Å². The molecule has 0 aromatic carbocycles. The van der Waals surface area contributed by atoms with Gasteiger partial charge in [0.1, 0.15) is 0 Å². The second-order valence-electron chi connectivity index (χ2n) is 4.91. The number of aliphatic hydroxyl groups is 1. The van der Waals surface area contributed by atoms with Crippen molar-refractivity contribution in [1.82, 2.24) is 4.90 Å². The molecule has 0 amide bonds. The Morgan fingerprint density at radius 3 is 2.29 bits per heavy atom. The molecule has 0 fully saturated rings. The van der Waals surface area contributed by atoms with E-state index in [0.717, 1.165) is 32.7 Å². The summed E-state index contributed by atoms with van der Waals surface area (Å²) in [4.78, 5) is 2.35. The molecule has 0 aliphatic rings. The van der Waals surface area contributed by atoms with E-state index in [4.69, 9.17) is 9.84 Å². The number of methoxy groups -OCH3 is 1. The maximum atomic E-state index is 8.78. The highest BCUT2D eigenvalue weighted by Crippen LogP contribution is 2.15. The molecule has 3 heteroatoms. The Morgan fingerprint density at radius 2 is 1.86 bits per heavy atom. The monoisotopic (exact) mass is 203 g/mol. The van der Waals surface area contributed by atoms with Gasteiger partial charge >= 0.3 is 0 Å². The van der Waals surface area contributed by atoms with E-state index in [1.165, 1.54) is 0 Å². The van der Waals surface area contributed by atoms with Crippen molar-refractivity contribution in [1.29, 1.82) is 0 Å². The summed E-state index contributed by atoms with van der Waals surface area (Å²) in [5, 5.41) is 8.78. The highest BCUT2D eigenvalue weighted by molar-refractivity contribution is 4.69. The van der Waals surface area contributed by atoms with E-state index in [9.17, 15) is 0 Å². The largest absolute Gasteiger partial charge is 0.396 e. The van der Waals surface area contributed by atoms with Crippen LogP contribution in [0, 0.1) is 5.41 Å². The van der Waals surface area contributed by atoms with Crippen molar-refractivity contribution in [2.24, 2.45) is 5.41 Å². The third-order valence-electron chi connectivity index (χ3n) is 1.94. The standard InChI is InChI=1S/C11H25NO2/c1-11(2,3)10-12(6-5-8-13)7-9-14-4/h13H,5-10H2,1-4H3. The molecule has 0 heterocycles. The molecule has 0 aromatic rings. The van der Waals surface area contributed by atoms with Gasteiger partial charge in [0.05, 0.1) is 6.61 Å². The molecule has 0 spiro atoms. The summed E-state index contributed by atoms with van der Waals surface area (Å²) >= 11 is 0. The van der Waals surface area contributed by atoms with Crippen LogP contribution in [-0.4, -0.2) is 50.0 Å². The summed E-state index contributed by atoms with van der Waals surface area (Å²) in [6, 6.07) is 0. The first kappa shape index (κ1) is 13.9. The summed E-state index contributed by atoms with van der Waals surface area (Å²) in [6.07, 6.45) is 0.847. The number of ether oxygens (including phenoxy) is 1. The lowest BCUT2D eigenvalue weighted by Crippen LogP contribution is -2.36. The van der Waals surface area contributed by atoms with Crippen LogP contribution in [0.25, 0.3) is 0 Å². The van der Waals surface area contributed by atoms with Crippen molar-refractivity contribution in [3.05, 3.63) is 0 Å². The Kier molecular flexibility index (Phi) is 7.15. The van der Waals surface area contributed by atoms with Crippen molar-refractivity contribution in [3.63, 3.8) is 0 Å². The summed E-state index contributed by atoms with van der Waals surface area (Å²) in [7, 11) is 1.72. The Bertz CT molecular complexity index is 124. The minimum Gasteiger partial charge on any atom is -0.396 e. The summed E-state index contributed by atoms with van der Waals surface area (Å²) in [6.45, 7) is 10.7. The Morgan fingerprint density at radius 1 is 1.21 bits per heavy atom. The second kappa shape index (κ2) is 7.21. The molecular weight excluding hydrogens is 178 g/mol. The van der Waals surface area contributed by atoms with Gasteiger partial charge in [-0.05, 0) is 11.8 Å². The quantitative estimate of drug-likeness (QED) is 0.678. The lowest BCUT2D eigenvalue weighted by Gasteiger charge is -2.29. The van der Waals surface area contributed by atoms with Crippen LogP contribution in [0.5, 0.6) is 0 Å². The zero-order valence-electron chi connectivity index (χ0n) is 10.0. The maximum absolute atomic E-state index is 8.78. The van der Waals surface area contributed by atoms with Crippen LogP contribution in [0.1, 0.15) is 27.2 Å². The average Bonchev–Trinajstić information content (AvgIpc) is 2.07. The van der Waals surface area contributed by atoms with Crippen molar-refractivity contribution in [3.8, 4) is 0 Å². The Balaban J connectivity index is 3.84. The number of hydrogen-bond acceptors (Lipinski definition) is 3. The Labute approximate surface area is 88.1 Å². The van der Waals surface area contributed by atoms with Gasteiger partial charge in [-0.2, -0.15) is 0 Å². The fraction of sp³-hybridized carbons (Fsp3) is 1.00. The SMILES string of the molecule is COCCN(CCCO)CC(C)(C)C. The van der Waals surface area contributed by atoms with Gasteiger partial charge in [0, 0.05) is 33.4 Å². The third kappa shape index (κ3) is 8.48. The number of nitrogens with zero attached hydrogens (tertiary/aromatic N) is 1. The first-order chi connectivity index (χ1) is 6.49. The molecule has 1 N–H and O–H groups in total. The Hall–Kier alpha value is -0.120. The normalized spacial score (nSPS) is 12.4. The van der Waals surface area contributed by atoms with E-state index in [1.54, 1.807) is 7.11 Å². The van der Waals surface area contributed by atoms with Crippen LogP contribution >= 0.6 is 0 Å². The average molecular weight is 203 g/mol. The molecule has 0 aliphatic heterocycles. The zero-order valence-corrected chi connectivity index (χ0v) is 10.0. The predicted molar refractivity (Wildman–Crippen MR) is 59.5 cm³/mol. The molecule has 0 aromatic heterocycles. The number of rotatable bonds is 7. The second-order valence-corrected chi connectivity index (χ2v) is 4.91. The molecule has 0 saturated carbocycles. The molecule has 0 bridgehead atoms. The van der Waals surface area contributed by atoms with E-state index in [2.05, 4.69) is 25.7 Å². The van der Waals surface area contributed by atoms with E-state index in [0.29, 0.717) is 5.41 Å². The van der Waals surface area contributed by atoms with Crippen LogP contribution in [0.2, 0.25) is 0 Å². The minimum absolute atomic E-state index is 0.271. The fourth-order valence-corrected chi connectivity index (χ4v) is 1.46. The number of aliphatic hydroxyl groups excluding tert-OH is 1. The zero-order chi connectivity index (χ0) is 11.0. The van der Waals surface area contributed by atoms with Gasteiger partial charge in [0.25, 0.3) is 0 Å². The molecule has 0 atom stereocenters. The van der Waals surface area contributed by atoms with Crippen molar-refractivity contribution < 1.29 is 9.84 Å². The number of hydrogen-bond donors (Lipinski definition) is 1. The van der Waals surface area contributed by atoms with Gasteiger partial charge in [0.2, 0.25) is 0 Å². The van der Waals surface area contributed by atoms with Crippen molar-refractivity contribution >= 4 is 0 Å². The van der Waals surface area contributed by atoms with E-state index in [-0.39, 0.29) is 6.61 Å². The molecular formula is C11H25NO2. The molecule has 14 heavy (non-hydrogen) atoms. The molecule has 3 nitrogen and oxygen atoms in total. The molecule has 86 valence electrons. The smallest absolute Gasteiger partial charge is 0.0589 e. The summed E-state index contributed by atoms with van der Waals surface area (Å²) in [5.41, 5.74) is 0.309. The maximum Gasteiger partial charge on any atom is 0.0589 e. The highest BCUT2D eigenvalue weighted by Gasteiger charge is 2.15. The van der Waals surface area contributed by atoms with Crippen LogP contribution < -0.4 is 0 Å². The topological polar surface area (TPSA) is 32.7 Å². The highest BCUT2D eigenvalue weighted by atomic mass is 16.5. The van der Waals surface area contributed by atoms with Gasteiger partial charge in [-0.15, -0.1) is 0 Å². The van der Waals surface area contributed by atoms with Crippen LogP contribution in [0.3, 0.4) is 0 Å². The van der Waals surface area contributed by atoms with Gasteiger partial charge in [-0.25, -0.2) is 0 Å². The summed E-state index contributed by atoms with van der Waals surface area (Å²) in [5.74, 6) is 0. The van der Waals surface area contributed by atoms with E-state index < -0.39 is 0 Å². The van der Waals surface area contributed by atoms with E-state index >= 15 is 0 Å². The molecule has 0 unspecified atom stereocenters. The lowest BCUT2D eigenvalue weighted by molar-refractivity contribution is 0.116. The van der Waals surface area contributed by atoms with Crippen molar-refractivity contribution in [2.45, 2.75) is 27.2 Å². The summed E-state index contributed by atoms with van der Waals surface area (Å²) < 4.78 is 5.06. The first-order valence-electron chi connectivity index (χ1n) is 5.32. The molecule has 0 radical (unpaired) electrons. The molecule has 0 saturated heterocycles. The van der Waals surface area contributed by atoms with Gasteiger partial charge in [-0.1, -0.05) is 20.8 Å². The fourth-order valence-electron chi connectivity index (χ4n) is 1.46. The van der Waals surface area contributed by atoms with Gasteiger partial charge < -0.3 is 14.7 Å². The van der Waals surface area contributed by atoms with Crippen LogP contribution in [0.15, 0.2) is 0 Å². The predicted octanol–water partition coefficient (Wildman–Crippen LogP) is 1.36. The first-order valence-corrected chi connectivity index (χ1v) is 5.32. The van der Waals surface area contributed by atoms with E-state index in [1.807, 2.05) is 0 Å². The molecule has 0 aliphatic carbocycles. The van der Waals surface area contributed by atoms with Gasteiger partial charge in [-0.3, -0.25) is 0 Å². The van der Waals surface area contributed by atoms with Crippen LogP contribution in [0.4, 0.5) is 0 Å².